The fourth-order valence-corrected chi connectivity index (χ4v) is 2.21. The minimum atomic E-state index is -4.51. The van der Waals surface area contributed by atoms with Crippen LogP contribution < -0.4 is 10.6 Å². The molecule has 0 atom stereocenters. The highest BCUT2D eigenvalue weighted by atomic mass is 19.4. The van der Waals surface area contributed by atoms with Crippen LogP contribution in [0.25, 0.3) is 0 Å². The largest absolute Gasteiger partial charge is 0.433 e. The van der Waals surface area contributed by atoms with Gasteiger partial charge in [-0.05, 0) is 37.1 Å². The topological polar surface area (TPSA) is 66.9 Å². The van der Waals surface area contributed by atoms with Crippen molar-refractivity contribution in [2.45, 2.75) is 33.5 Å². The van der Waals surface area contributed by atoms with Gasteiger partial charge < -0.3 is 10.6 Å². The Labute approximate surface area is 150 Å². The van der Waals surface area contributed by atoms with Crippen molar-refractivity contribution < 1.29 is 18.0 Å². The van der Waals surface area contributed by atoms with Gasteiger partial charge in [0.15, 0.2) is 0 Å². The first-order valence-electron chi connectivity index (χ1n) is 8.19. The fourth-order valence-electron chi connectivity index (χ4n) is 2.21. The van der Waals surface area contributed by atoms with Gasteiger partial charge in [0.2, 0.25) is 0 Å². The highest BCUT2D eigenvalue weighted by molar-refractivity contribution is 5.94. The smallest absolute Gasteiger partial charge is 0.370 e. The number of nitrogens with one attached hydrogen (secondary N) is 2. The Bertz CT molecular complexity index is 775. The van der Waals surface area contributed by atoms with Crippen LogP contribution in [0.4, 0.5) is 19.0 Å². The Hall–Kier alpha value is -2.64. The van der Waals surface area contributed by atoms with Gasteiger partial charge in [-0.25, -0.2) is 9.97 Å². The predicted octanol–water partition coefficient (Wildman–Crippen LogP) is 3.80. The third kappa shape index (κ3) is 5.72. The number of aromatic nitrogens is 2. The number of carbonyl (C=O) groups is 1. The second kappa shape index (κ2) is 8.16. The van der Waals surface area contributed by atoms with Crippen LogP contribution in [0.1, 0.15) is 41.3 Å². The Morgan fingerprint density at radius 2 is 1.92 bits per heavy atom. The molecule has 0 fully saturated rings. The summed E-state index contributed by atoms with van der Waals surface area (Å²) < 4.78 is 38.1. The number of aryl methyl sites for hydroxylation is 1. The van der Waals surface area contributed by atoms with E-state index >= 15 is 0 Å². The van der Waals surface area contributed by atoms with Crippen molar-refractivity contribution in [2.24, 2.45) is 5.92 Å². The molecule has 0 unspecified atom stereocenters. The molecule has 1 amide bonds. The van der Waals surface area contributed by atoms with Crippen molar-refractivity contribution in [2.75, 3.05) is 11.9 Å². The second-order valence-corrected chi connectivity index (χ2v) is 6.35. The van der Waals surface area contributed by atoms with Gasteiger partial charge in [0.05, 0.1) is 12.2 Å². The summed E-state index contributed by atoms with van der Waals surface area (Å²) in [6.07, 6.45) is -4.51. The van der Waals surface area contributed by atoms with Crippen molar-refractivity contribution in [3.63, 3.8) is 0 Å². The predicted molar refractivity (Wildman–Crippen MR) is 92.7 cm³/mol. The lowest BCUT2D eigenvalue weighted by atomic mass is 10.2. The zero-order chi connectivity index (χ0) is 19.3. The van der Waals surface area contributed by atoms with Crippen molar-refractivity contribution in [3.05, 3.63) is 53.0 Å². The van der Waals surface area contributed by atoms with Gasteiger partial charge in [-0.15, -0.1) is 0 Å². The van der Waals surface area contributed by atoms with Gasteiger partial charge >= 0.3 is 6.18 Å². The third-order valence-electron chi connectivity index (χ3n) is 3.43. The van der Waals surface area contributed by atoms with E-state index in [1.165, 1.54) is 12.1 Å². The summed E-state index contributed by atoms with van der Waals surface area (Å²) in [5.74, 6) is 0.602. The summed E-state index contributed by atoms with van der Waals surface area (Å²) in [5.41, 5.74) is 0.207. The third-order valence-corrected chi connectivity index (χ3v) is 3.43. The van der Waals surface area contributed by atoms with E-state index in [1.54, 1.807) is 19.1 Å². The van der Waals surface area contributed by atoms with Crippen LogP contribution in [0.5, 0.6) is 0 Å². The zero-order valence-corrected chi connectivity index (χ0v) is 14.8. The molecule has 2 N–H and O–H groups in total. The molecule has 2 heterocycles. The Morgan fingerprint density at radius 3 is 2.58 bits per heavy atom. The van der Waals surface area contributed by atoms with Crippen LogP contribution in [-0.2, 0) is 12.7 Å². The van der Waals surface area contributed by atoms with Crippen LogP contribution in [0.2, 0.25) is 0 Å². The molecular formula is C18H21F3N4O. The number of rotatable bonds is 6. The van der Waals surface area contributed by atoms with Crippen molar-refractivity contribution >= 4 is 11.7 Å². The van der Waals surface area contributed by atoms with Crippen LogP contribution in [0.15, 0.2) is 30.3 Å². The van der Waals surface area contributed by atoms with Crippen LogP contribution in [0.3, 0.4) is 0 Å². The highest BCUT2D eigenvalue weighted by Crippen LogP contribution is 2.27. The van der Waals surface area contributed by atoms with Crippen LogP contribution >= 0.6 is 0 Å². The quantitative estimate of drug-likeness (QED) is 0.816. The molecular weight excluding hydrogens is 345 g/mol. The van der Waals surface area contributed by atoms with E-state index in [0.717, 1.165) is 6.07 Å². The number of anilines is 1. The summed E-state index contributed by atoms with van der Waals surface area (Å²) >= 11 is 0. The summed E-state index contributed by atoms with van der Waals surface area (Å²) in [6.45, 7) is 6.49. The minimum Gasteiger partial charge on any atom is -0.370 e. The van der Waals surface area contributed by atoms with Gasteiger partial charge in [0.25, 0.3) is 5.91 Å². The van der Waals surface area contributed by atoms with Gasteiger partial charge in [0, 0.05) is 17.8 Å². The standard InChI is InChI=1S/C18H21F3N4O/c1-11(2)9-22-16-8-13(7-12(3)24-16)17(26)23-10-14-5-4-6-15(25-14)18(19,20)21/h4-8,11H,9-10H2,1-3H3,(H,22,24)(H,23,26). The molecule has 5 nitrogen and oxygen atoms in total. The molecule has 0 radical (unpaired) electrons. The maximum Gasteiger partial charge on any atom is 0.433 e. The van der Waals surface area contributed by atoms with E-state index in [0.29, 0.717) is 29.5 Å². The normalized spacial score (nSPS) is 11.5. The first-order valence-corrected chi connectivity index (χ1v) is 8.19. The molecule has 26 heavy (non-hydrogen) atoms. The van der Waals surface area contributed by atoms with E-state index in [4.69, 9.17) is 0 Å². The maximum atomic E-state index is 12.7. The molecule has 140 valence electrons. The number of carbonyl (C=O) groups excluding carboxylic acids is 1. The molecule has 2 aromatic heterocycles. The molecule has 2 aromatic rings. The molecule has 2 rings (SSSR count). The number of alkyl halides is 3. The Morgan fingerprint density at radius 1 is 1.19 bits per heavy atom. The SMILES string of the molecule is Cc1cc(C(=O)NCc2cccc(C(F)(F)F)n2)cc(NCC(C)C)n1. The molecule has 0 aliphatic rings. The van der Waals surface area contributed by atoms with E-state index in [-0.39, 0.29) is 12.2 Å². The summed E-state index contributed by atoms with van der Waals surface area (Å²) in [5, 5.41) is 5.74. The monoisotopic (exact) mass is 366 g/mol. The Balaban J connectivity index is 2.06. The van der Waals surface area contributed by atoms with Gasteiger partial charge in [-0.2, -0.15) is 13.2 Å². The molecule has 0 spiro atoms. The highest BCUT2D eigenvalue weighted by Gasteiger charge is 2.32. The molecule has 0 saturated carbocycles. The van der Waals surface area contributed by atoms with E-state index in [2.05, 4.69) is 34.4 Å². The summed E-state index contributed by atoms with van der Waals surface area (Å²) in [7, 11) is 0. The van der Waals surface area contributed by atoms with Crippen molar-refractivity contribution in [1.82, 2.24) is 15.3 Å². The lowest BCUT2D eigenvalue weighted by Gasteiger charge is -2.11. The second-order valence-electron chi connectivity index (χ2n) is 6.35. The van der Waals surface area contributed by atoms with Crippen molar-refractivity contribution in [3.8, 4) is 0 Å². The lowest BCUT2D eigenvalue weighted by molar-refractivity contribution is -0.141. The van der Waals surface area contributed by atoms with Crippen LogP contribution in [-0.4, -0.2) is 22.4 Å². The number of halogens is 3. The van der Waals surface area contributed by atoms with E-state index in [1.807, 2.05) is 0 Å². The Kier molecular flexibility index (Phi) is 6.18. The fraction of sp³-hybridized carbons (Fsp3) is 0.389. The minimum absolute atomic E-state index is 0.0983. The van der Waals surface area contributed by atoms with Gasteiger partial charge in [-0.1, -0.05) is 19.9 Å². The van der Waals surface area contributed by atoms with Crippen LogP contribution in [0, 0.1) is 12.8 Å². The lowest BCUT2D eigenvalue weighted by Crippen LogP contribution is -2.24. The molecule has 0 aromatic carbocycles. The maximum absolute atomic E-state index is 12.7. The first kappa shape index (κ1) is 19.7. The molecule has 0 bridgehead atoms. The average Bonchev–Trinajstić information content (AvgIpc) is 2.57. The number of amides is 1. The average molecular weight is 366 g/mol. The number of hydrogen-bond acceptors (Lipinski definition) is 4. The van der Waals surface area contributed by atoms with E-state index in [9.17, 15) is 18.0 Å². The number of nitrogens with zero attached hydrogens (tertiary/aromatic N) is 2. The molecule has 0 aliphatic carbocycles. The van der Waals surface area contributed by atoms with Gasteiger partial charge in [-0.3, -0.25) is 4.79 Å². The molecule has 8 heteroatoms. The molecule has 0 saturated heterocycles. The zero-order valence-electron chi connectivity index (χ0n) is 14.8. The number of pyridine rings is 2. The first-order chi connectivity index (χ1) is 12.1. The van der Waals surface area contributed by atoms with Crippen molar-refractivity contribution in [1.29, 1.82) is 0 Å². The van der Waals surface area contributed by atoms with E-state index < -0.39 is 17.8 Å². The summed E-state index contributed by atoms with van der Waals surface area (Å²) in [4.78, 5) is 20.2. The van der Waals surface area contributed by atoms with Gasteiger partial charge in [0.1, 0.15) is 11.5 Å². The summed E-state index contributed by atoms with van der Waals surface area (Å²) in [6, 6.07) is 6.83. The number of hydrogen-bond donors (Lipinski definition) is 2. The molecule has 0 aliphatic heterocycles.